The zero-order valence-electron chi connectivity index (χ0n) is 23.2. The number of benzene rings is 2. The number of likely N-dealkylation sites (tertiary alicyclic amines) is 1. The van der Waals surface area contributed by atoms with Gasteiger partial charge >= 0.3 is 0 Å². The lowest BCUT2D eigenvalue weighted by Crippen LogP contribution is -2.44. The number of carbonyl (C=O) groups excluding carboxylic acids is 2. The van der Waals surface area contributed by atoms with Gasteiger partial charge in [-0.25, -0.2) is 0 Å². The first-order chi connectivity index (χ1) is 18.9. The topological polar surface area (TPSA) is 74.3 Å². The summed E-state index contributed by atoms with van der Waals surface area (Å²) >= 11 is 5.84. The summed E-state index contributed by atoms with van der Waals surface area (Å²) in [6, 6.07) is 14.0. The Bertz CT molecular complexity index is 1120. The van der Waals surface area contributed by atoms with Gasteiger partial charge in [0.25, 0.3) is 5.91 Å². The number of amides is 2. The number of hydrogen-bond acceptors (Lipinski definition) is 6. The molecule has 4 rings (SSSR count). The molecule has 0 unspecified atom stereocenters. The third-order valence-corrected chi connectivity index (χ3v) is 7.66. The number of anilines is 2. The smallest absolute Gasteiger partial charge is 0.256 e. The number of rotatable bonds is 12. The Hall–Kier alpha value is -3.17. The van der Waals surface area contributed by atoms with E-state index in [2.05, 4.69) is 24.1 Å². The molecule has 39 heavy (non-hydrogen) atoms. The molecule has 2 fully saturated rings. The van der Waals surface area contributed by atoms with Crippen LogP contribution >= 0.6 is 12.2 Å². The fraction of sp³-hybridized carbons (Fsp3) is 0.500. The van der Waals surface area contributed by atoms with Gasteiger partial charge in [-0.15, -0.1) is 0 Å². The summed E-state index contributed by atoms with van der Waals surface area (Å²) in [7, 11) is 0. The molecule has 2 aliphatic heterocycles. The number of carbonyl (C=O) groups is 2. The zero-order valence-corrected chi connectivity index (χ0v) is 24.0. The van der Waals surface area contributed by atoms with E-state index in [1.165, 1.54) is 12.8 Å². The van der Waals surface area contributed by atoms with E-state index in [1.54, 1.807) is 4.90 Å². The number of nitrogens with zero attached hydrogens (tertiary/aromatic N) is 3. The second-order valence-electron chi connectivity index (χ2n) is 10.2. The Kier molecular flexibility index (Phi) is 10.2. The largest absolute Gasteiger partial charge is 0.494 e. The highest BCUT2D eigenvalue weighted by atomic mass is 32.1. The molecule has 1 atom stereocenters. The molecule has 210 valence electrons. The average molecular weight is 553 g/mol. The molecule has 2 saturated heterocycles. The van der Waals surface area contributed by atoms with Gasteiger partial charge in [-0.05, 0) is 106 Å². The van der Waals surface area contributed by atoms with E-state index in [1.807, 2.05) is 60.4 Å². The SMILES string of the molecule is CCCOc1ccc(NC(=O)C[C@H]2C(=O)N(c3ccc(OCC)cc3)C(=S)N2CCN2CCC(C)CC2)cc1. The van der Waals surface area contributed by atoms with E-state index in [0.29, 0.717) is 36.2 Å². The highest BCUT2D eigenvalue weighted by Crippen LogP contribution is 2.29. The Morgan fingerprint density at radius 2 is 1.62 bits per heavy atom. The third kappa shape index (κ3) is 7.48. The first-order valence-corrected chi connectivity index (χ1v) is 14.4. The van der Waals surface area contributed by atoms with Crippen LogP contribution in [0.5, 0.6) is 11.5 Å². The molecule has 0 saturated carbocycles. The van der Waals surface area contributed by atoms with Gasteiger partial charge in [0.2, 0.25) is 5.91 Å². The van der Waals surface area contributed by atoms with Crippen LogP contribution in [0.4, 0.5) is 11.4 Å². The predicted molar refractivity (Wildman–Crippen MR) is 159 cm³/mol. The van der Waals surface area contributed by atoms with Crippen LogP contribution in [0.15, 0.2) is 48.5 Å². The van der Waals surface area contributed by atoms with Crippen LogP contribution in [0.1, 0.15) is 46.5 Å². The molecule has 2 aromatic rings. The molecular formula is C30H40N4O4S. The summed E-state index contributed by atoms with van der Waals surface area (Å²) in [5, 5.41) is 3.37. The first-order valence-electron chi connectivity index (χ1n) is 14.0. The Balaban J connectivity index is 1.47. The highest BCUT2D eigenvalue weighted by Gasteiger charge is 2.44. The number of thiocarbonyl (C=S) groups is 1. The predicted octanol–water partition coefficient (Wildman–Crippen LogP) is 4.94. The van der Waals surface area contributed by atoms with Crippen LogP contribution in [-0.4, -0.2) is 72.2 Å². The van der Waals surface area contributed by atoms with E-state index >= 15 is 0 Å². The van der Waals surface area contributed by atoms with Crippen molar-refractivity contribution in [2.45, 2.75) is 52.5 Å². The van der Waals surface area contributed by atoms with Crippen LogP contribution in [0, 0.1) is 5.92 Å². The van der Waals surface area contributed by atoms with Crippen molar-refractivity contribution >= 4 is 40.5 Å². The Labute approximate surface area is 237 Å². The van der Waals surface area contributed by atoms with Crippen molar-refractivity contribution in [2.75, 3.05) is 49.6 Å². The van der Waals surface area contributed by atoms with Crippen molar-refractivity contribution in [3.8, 4) is 11.5 Å². The zero-order chi connectivity index (χ0) is 27.8. The van der Waals surface area contributed by atoms with Crippen molar-refractivity contribution in [3.05, 3.63) is 48.5 Å². The van der Waals surface area contributed by atoms with Gasteiger partial charge in [-0.3, -0.25) is 14.5 Å². The van der Waals surface area contributed by atoms with Crippen LogP contribution in [0.25, 0.3) is 0 Å². The molecule has 0 aliphatic carbocycles. The summed E-state index contributed by atoms with van der Waals surface area (Å²) in [5.41, 5.74) is 1.34. The molecule has 2 aliphatic rings. The summed E-state index contributed by atoms with van der Waals surface area (Å²) in [5.74, 6) is 1.82. The van der Waals surface area contributed by atoms with Gasteiger partial charge in [0.1, 0.15) is 17.5 Å². The molecule has 2 amide bonds. The van der Waals surface area contributed by atoms with Crippen LogP contribution in [-0.2, 0) is 9.59 Å². The fourth-order valence-corrected chi connectivity index (χ4v) is 5.37. The Morgan fingerprint density at radius 3 is 2.26 bits per heavy atom. The number of piperidine rings is 1. The lowest BCUT2D eigenvalue weighted by Gasteiger charge is -2.32. The van der Waals surface area contributed by atoms with Gasteiger partial charge in [0.05, 0.1) is 25.3 Å². The van der Waals surface area contributed by atoms with Crippen molar-refractivity contribution in [2.24, 2.45) is 5.92 Å². The number of nitrogens with one attached hydrogen (secondary N) is 1. The van der Waals surface area contributed by atoms with Gasteiger partial charge in [-0.1, -0.05) is 13.8 Å². The normalized spacial score (nSPS) is 18.5. The quantitative estimate of drug-likeness (QED) is 0.374. The lowest BCUT2D eigenvalue weighted by molar-refractivity contribution is -0.124. The summed E-state index contributed by atoms with van der Waals surface area (Å²) in [4.78, 5) is 32.7. The average Bonchev–Trinajstić information content (AvgIpc) is 3.16. The summed E-state index contributed by atoms with van der Waals surface area (Å²) < 4.78 is 11.2. The molecule has 2 heterocycles. The molecule has 9 heteroatoms. The van der Waals surface area contributed by atoms with Gasteiger partial charge in [0.15, 0.2) is 5.11 Å². The minimum atomic E-state index is -0.667. The van der Waals surface area contributed by atoms with Crippen LogP contribution in [0.3, 0.4) is 0 Å². The maximum Gasteiger partial charge on any atom is 0.256 e. The van der Waals surface area contributed by atoms with E-state index in [9.17, 15) is 9.59 Å². The fourth-order valence-electron chi connectivity index (χ4n) is 4.96. The summed E-state index contributed by atoms with van der Waals surface area (Å²) in [6.07, 6.45) is 3.29. The number of hydrogen-bond donors (Lipinski definition) is 1. The monoisotopic (exact) mass is 552 g/mol. The maximum atomic E-state index is 13.7. The number of ether oxygens (including phenoxy) is 2. The van der Waals surface area contributed by atoms with E-state index < -0.39 is 6.04 Å². The van der Waals surface area contributed by atoms with Crippen molar-refractivity contribution in [1.82, 2.24) is 9.80 Å². The highest BCUT2D eigenvalue weighted by molar-refractivity contribution is 7.80. The second kappa shape index (κ2) is 13.8. The van der Waals surface area contributed by atoms with Crippen LogP contribution < -0.4 is 19.7 Å². The van der Waals surface area contributed by atoms with Crippen molar-refractivity contribution < 1.29 is 19.1 Å². The minimum absolute atomic E-state index is 0.0115. The molecule has 8 nitrogen and oxygen atoms in total. The van der Waals surface area contributed by atoms with E-state index in [-0.39, 0.29) is 18.2 Å². The van der Waals surface area contributed by atoms with Crippen LogP contribution in [0.2, 0.25) is 0 Å². The molecule has 0 radical (unpaired) electrons. The molecule has 2 aromatic carbocycles. The van der Waals surface area contributed by atoms with E-state index in [0.717, 1.165) is 43.5 Å². The first kappa shape index (κ1) is 28.8. The van der Waals surface area contributed by atoms with Gasteiger partial charge < -0.3 is 24.6 Å². The second-order valence-corrected chi connectivity index (χ2v) is 10.6. The standard InChI is InChI=1S/C30H40N4O4S/c1-4-20-38-26-10-6-23(7-11-26)31-28(35)21-27-29(36)34(24-8-12-25(13-9-24)37-5-2)30(39)33(27)19-18-32-16-14-22(3)15-17-32/h6-13,22,27H,4-5,14-21H2,1-3H3,(H,31,35)/t27-/m0/s1. The summed E-state index contributed by atoms with van der Waals surface area (Å²) in [6.45, 7) is 11.0. The van der Waals surface area contributed by atoms with Gasteiger partial charge in [0, 0.05) is 18.8 Å². The van der Waals surface area contributed by atoms with Crippen molar-refractivity contribution in [1.29, 1.82) is 0 Å². The molecule has 0 bridgehead atoms. The molecule has 0 spiro atoms. The van der Waals surface area contributed by atoms with E-state index in [4.69, 9.17) is 21.7 Å². The lowest BCUT2D eigenvalue weighted by atomic mass is 9.99. The third-order valence-electron chi connectivity index (χ3n) is 7.25. The van der Waals surface area contributed by atoms with Crippen molar-refractivity contribution in [3.63, 3.8) is 0 Å². The maximum absolute atomic E-state index is 13.7. The molecule has 1 N–H and O–H groups in total. The minimum Gasteiger partial charge on any atom is -0.494 e. The van der Waals surface area contributed by atoms with Gasteiger partial charge in [-0.2, -0.15) is 0 Å². The molecular weight excluding hydrogens is 512 g/mol. The Morgan fingerprint density at radius 1 is 0.974 bits per heavy atom. The molecule has 0 aromatic heterocycles.